The molecule has 5 N–H and O–H groups in total. The van der Waals surface area contributed by atoms with Gasteiger partial charge in [-0.05, 0) is 18.6 Å². The lowest BCUT2D eigenvalue weighted by Gasteiger charge is -2.04. The van der Waals surface area contributed by atoms with Crippen molar-refractivity contribution in [3.8, 4) is 11.5 Å². The summed E-state index contributed by atoms with van der Waals surface area (Å²) >= 11 is 0. The molecule has 2 aromatic rings. The molecule has 110 valence electrons. The monoisotopic (exact) mass is 320 g/mol. The molecule has 0 unspecified atom stereocenters. The number of anilines is 1. The summed E-state index contributed by atoms with van der Waals surface area (Å²) in [6.07, 6.45) is 2.72. The van der Waals surface area contributed by atoms with Gasteiger partial charge in [-0.3, -0.25) is 0 Å². The highest BCUT2D eigenvalue weighted by Gasteiger charge is 2.05. The van der Waals surface area contributed by atoms with E-state index in [9.17, 15) is 10.2 Å². The van der Waals surface area contributed by atoms with Crippen molar-refractivity contribution in [3.63, 3.8) is 0 Å². The van der Waals surface area contributed by atoms with Gasteiger partial charge < -0.3 is 16.1 Å². The molecular formula is C10H14Cl2N6O2. The number of benzene rings is 1. The summed E-state index contributed by atoms with van der Waals surface area (Å²) in [5.74, 6) is 5.67. The van der Waals surface area contributed by atoms with Crippen LogP contribution in [0.4, 0.5) is 5.95 Å². The Balaban J connectivity index is 0.00000180. The predicted molar refractivity (Wildman–Crippen MR) is 80.4 cm³/mol. The lowest BCUT2D eigenvalue weighted by molar-refractivity contribution is 0.449. The zero-order valence-corrected chi connectivity index (χ0v) is 12.0. The first kappa shape index (κ1) is 17.8. The lowest BCUT2D eigenvalue weighted by Crippen LogP contribution is -2.10. The summed E-state index contributed by atoms with van der Waals surface area (Å²) in [7, 11) is 0. The molecule has 0 spiro atoms. The van der Waals surface area contributed by atoms with Crippen LogP contribution < -0.4 is 11.3 Å². The van der Waals surface area contributed by atoms with Gasteiger partial charge in [0.2, 0.25) is 0 Å². The van der Waals surface area contributed by atoms with Gasteiger partial charge in [0.1, 0.15) is 17.8 Å². The number of halogens is 2. The van der Waals surface area contributed by atoms with E-state index in [1.54, 1.807) is 6.92 Å². The van der Waals surface area contributed by atoms with E-state index in [1.807, 2.05) is 0 Å². The second-order valence-corrected chi connectivity index (χ2v) is 3.63. The molecule has 0 atom stereocenters. The van der Waals surface area contributed by atoms with Crippen LogP contribution in [0.25, 0.3) is 0 Å². The standard InChI is InChI=1S/C10H12N6O2.2ClH/c1-6-2-7(17)3-9(18)8(6)4-12-14-10-15-13-5-16(10)11;;/h2-5,17-18H,11H2,1H3,(H,14,15);2*1H. The number of hydrazone groups is 1. The molecule has 8 nitrogen and oxygen atoms in total. The molecule has 0 amide bonds. The molecule has 0 aliphatic rings. The SMILES string of the molecule is Cc1cc(O)cc(O)c1C=NNc1nncn1N.Cl.Cl. The van der Waals surface area contributed by atoms with Gasteiger partial charge in [-0.25, -0.2) is 10.1 Å². The molecule has 0 saturated carbocycles. The van der Waals surface area contributed by atoms with E-state index in [1.165, 1.54) is 29.4 Å². The largest absolute Gasteiger partial charge is 0.508 e. The number of aromatic hydroxyl groups is 2. The summed E-state index contributed by atoms with van der Waals surface area (Å²) in [5.41, 5.74) is 3.75. The second-order valence-electron chi connectivity index (χ2n) is 3.63. The number of aryl methyl sites for hydroxylation is 1. The van der Waals surface area contributed by atoms with Gasteiger partial charge in [0, 0.05) is 11.6 Å². The zero-order valence-electron chi connectivity index (χ0n) is 10.4. The first-order valence-electron chi connectivity index (χ1n) is 5.04. The van der Waals surface area contributed by atoms with E-state index < -0.39 is 0 Å². The maximum Gasteiger partial charge on any atom is 0.263 e. The molecule has 1 heterocycles. The van der Waals surface area contributed by atoms with E-state index in [0.29, 0.717) is 11.1 Å². The van der Waals surface area contributed by atoms with Gasteiger partial charge in [-0.2, -0.15) is 5.10 Å². The minimum absolute atomic E-state index is 0. The van der Waals surface area contributed by atoms with E-state index in [0.717, 1.165) is 0 Å². The highest BCUT2D eigenvalue weighted by atomic mass is 35.5. The van der Waals surface area contributed by atoms with Gasteiger partial charge in [0.15, 0.2) is 0 Å². The number of rotatable bonds is 3. The number of nitrogens with one attached hydrogen (secondary N) is 1. The van der Waals surface area contributed by atoms with E-state index in [-0.39, 0.29) is 42.3 Å². The number of nitrogens with two attached hydrogens (primary N) is 1. The van der Waals surface area contributed by atoms with Crippen LogP contribution in [-0.2, 0) is 0 Å². The van der Waals surface area contributed by atoms with Crippen LogP contribution in [0, 0.1) is 6.92 Å². The lowest BCUT2D eigenvalue weighted by atomic mass is 10.1. The minimum Gasteiger partial charge on any atom is -0.508 e. The Hall–Kier alpha value is -2.19. The van der Waals surface area contributed by atoms with Crippen molar-refractivity contribution in [1.82, 2.24) is 14.9 Å². The number of hydrogen-bond donors (Lipinski definition) is 4. The topological polar surface area (TPSA) is 122 Å². The molecule has 0 bridgehead atoms. The third kappa shape index (κ3) is 3.90. The number of nitrogen functional groups attached to an aromatic ring is 1. The van der Waals surface area contributed by atoms with E-state index in [4.69, 9.17) is 5.84 Å². The van der Waals surface area contributed by atoms with Crippen LogP contribution in [0.1, 0.15) is 11.1 Å². The van der Waals surface area contributed by atoms with Crippen molar-refractivity contribution in [2.75, 3.05) is 11.3 Å². The van der Waals surface area contributed by atoms with Crippen molar-refractivity contribution >= 4 is 37.0 Å². The van der Waals surface area contributed by atoms with Crippen molar-refractivity contribution in [2.45, 2.75) is 6.92 Å². The average molecular weight is 321 g/mol. The number of hydrogen-bond acceptors (Lipinski definition) is 7. The predicted octanol–water partition coefficient (Wildman–Crippen LogP) is 1.00. The third-order valence-electron chi connectivity index (χ3n) is 2.28. The summed E-state index contributed by atoms with van der Waals surface area (Å²) in [6, 6.07) is 2.76. The molecule has 2 rings (SSSR count). The molecule has 0 saturated heterocycles. The minimum atomic E-state index is -0.0627. The Bertz CT molecular complexity index is 578. The van der Waals surface area contributed by atoms with Crippen LogP contribution >= 0.6 is 24.8 Å². The Labute approximate surface area is 127 Å². The van der Waals surface area contributed by atoms with Gasteiger partial charge in [-0.15, -0.1) is 35.0 Å². The van der Waals surface area contributed by atoms with Gasteiger partial charge in [-0.1, -0.05) is 0 Å². The Morgan fingerprint density at radius 2 is 2.05 bits per heavy atom. The average Bonchev–Trinajstić information content (AvgIpc) is 2.68. The van der Waals surface area contributed by atoms with Crippen molar-refractivity contribution in [1.29, 1.82) is 0 Å². The van der Waals surface area contributed by atoms with Crippen LogP contribution in [-0.4, -0.2) is 31.3 Å². The first-order chi connectivity index (χ1) is 8.58. The molecule has 10 heteroatoms. The fourth-order valence-corrected chi connectivity index (χ4v) is 1.41. The van der Waals surface area contributed by atoms with Gasteiger partial charge in [0.05, 0.1) is 6.21 Å². The quantitative estimate of drug-likeness (QED) is 0.380. The van der Waals surface area contributed by atoms with Crippen molar-refractivity contribution in [3.05, 3.63) is 29.6 Å². The second kappa shape index (κ2) is 7.41. The summed E-state index contributed by atoms with van der Waals surface area (Å²) < 4.78 is 1.17. The Morgan fingerprint density at radius 1 is 1.35 bits per heavy atom. The van der Waals surface area contributed by atoms with Crippen molar-refractivity contribution < 1.29 is 10.2 Å². The maximum absolute atomic E-state index is 9.65. The number of aromatic nitrogens is 3. The van der Waals surface area contributed by atoms with Crippen LogP contribution in [0.2, 0.25) is 0 Å². The fraction of sp³-hybridized carbons (Fsp3) is 0.100. The van der Waals surface area contributed by atoms with Gasteiger partial charge in [0.25, 0.3) is 5.95 Å². The summed E-state index contributed by atoms with van der Waals surface area (Å²) in [6.45, 7) is 1.74. The Kier molecular flexibility index (Phi) is 6.60. The van der Waals surface area contributed by atoms with E-state index in [2.05, 4.69) is 20.7 Å². The number of phenols is 2. The van der Waals surface area contributed by atoms with E-state index >= 15 is 0 Å². The first-order valence-corrected chi connectivity index (χ1v) is 5.04. The zero-order chi connectivity index (χ0) is 13.1. The fourth-order valence-electron chi connectivity index (χ4n) is 1.41. The molecule has 0 aliphatic heterocycles. The third-order valence-corrected chi connectivity index (χ3v) is 2.28. The smallest absolute Gasteiger partial charge is 0.263 e. The maximum atomic E-state index is 9.65. The van der Waals surface area contributed by atoms with Crippen LogP contribution in [0.15, 0.2) is 23.6 Å². The van der Waals surface area contributed by atoms with Crippen molar-refractivity contribution in [2.24, 2.45) is 5.10 Å². The molecular weight excluding hydrogens is 307 g/mol. The summed E-state index contributed by atoms with van der Waals surface area (Å²) in [5, 5.41) is 30.0. The van der Waals surface area contributed by atoms with Gasteiger partial charge >= 0.3 is 0 Å². The number of phenolic OH excluding ortho intramolecular Hbond substituents is 2. The molecule has 20 heavy (non-hydrogen) atoms. The Morgan fingerprint density at radius 3 is 2.60 bits per heavy atom. The molecule has 1 aromatic heterocycles. The van der Waals surface area contributed by atoms with Crippen LogP contribution in [0.5, 0.6) is 11.5 Å². The highest BCUT2D eigenvalue weighted by Crippen LogP contribution is 2.25. The highest BCUT2D eigenvalue weighted by molar-refractivity contribution is 5.86. The molecule has 0 aliphatic carbocycles. The molecule has 1 aromatic carbocycles. The molecule has 0 radical (unpaired) electrons. The van der Waals surface area contributed by atoms with Crippen LogP contribution in [0.3, 0.4) is 0 Å². The number of nitrogens with zero attached hydrogens (tertiary/aromatic N) is 4. The normalized spacial score (nSPS) is 9.85. The molecule has 0 fully saturated rings. The summed E-state index contributed by atoms with van der Waals surface area (Å²) in [4.78, 5) is 0.